The van der Waals surface area contributed by atoms with Crippen molar-refractivity contribution >= 4 is 48.3 Å². The van der Waals surface area contributed by atoms with E-state index in [0.29, 0.717) is 17.7 Å². The van der Waals surface area contributed by atoms with E-state index in [9.17, 15) is 0 Å². The fourth-order valence-corrected chi connectivity index (χ4v) is 11.3. The SMILES string of the molecule is COC1=NC(C)(OC)C(c2c(P(c3ccccc3)c3ccccc3)cc(OC)nc2OC)C(P(c2ccccc2)c2ccccc2)=C1. The van der Waals surface area contributed by atoms with E-state index in [2.05, 4.69) is 133 Å². The number of benzene rings is 4. The average molecular weight is 661 g/mol. The maximum atomic E-state index is 6.43. The van der Waals surface area contributed by atoms with Crippen LogP contribution < -0.4 is 36.0 Å². The van der Waals surface area contributed by atoms with Crippen molar-refractivity contribution in [1.82, 2.24) is 4.98 Å². The van der Waals surface area contributed by atoms with Crippen LogP contribution in [-0.4, -0.2) is 45.0 Å². The molecule has 0 radical (unpaired) electrons. The fourth-order valence-electron chi connectivity index (χ4n) is 6.07. The topological polar surface area (TPSA) is 62.2 Å². The highest BCUT2D eigenvalue weighted by atomic mass is 31.1. The zero-order valence-corrected chi connectivity index (χ0v) is 29.0. The van der Waals surface area contributed by atoms with Crippen molar-refractivity contribution in [1.29, 1.82) is 0 Å². The Morgan fingerprint density at radius 1 is 0.596 bits per heavy atom. The molecular formula is C39H38N2O4P2. The molecular weight excluding hydrogens is 622 g/mol. The van der Waals surface area contributed by atoms with Crippen LogP contribution in [0.5, 0.6) is 11.8 Å². The van der Waals surface area contributed by atoms with E-state index in [1.54, 1.807) is 28.4 Å². The van der Waals surface area contributed by atoms with Crippen LogP contribution in [0.2, 0.25) is 0 Å². The predicted octanol–water partition coefficient (Wildman–Crippen LogP) is 6.38. The summed E-state index contributed by atoms with van der Waals surface area (Å²) in [6.07, 6.45) is 2.10. The number of ether oxygens (including phenoxy) is 4. The van der Waals surface area contributed by atoms with E-state index in [-0.39, 0.29) is 0 Å². The normalized spacial score (nSPS) is 17.6. The lowest BCUT2D eigenvalue weighted by Crippen LogP contribution is -2.42. The number of nitrogens with zero attached hydrogens (tertiary/aromatic N) is 2. The number of pyridine rings is 1. The zero-order chi connectivity index (χ0) is 32.8. The third kappa shape index (κ3) is 6.60. The quantitative estimate of drug-likeness (QED) is 0.163. The van der Waals surface area contributed by atoms with Crippen molar-refractivity contribution in [3.63, 3.8) is 0 Å². The molecule has 1 aliphatic rings. The first-order valence-corrected chi connectivity index (χ1v) is 18.0. The molecule has 0 N–H and O–H groups in total. The van der Waals surface area contributed by atoms with Gasteiger partial charge in [0, 0.05) is 24.8 Å². The van der Waals surface area contributed by atoms with E-state index in [4.69, 9.17) is 28.9 Å². The fraction of sp³-hybridized carbons (Fsp3) is 0.179. The van der Waals surface area contributed by atoms with Crippen molar-refractivity contribution in [2.75, 3.05) is 28.4 Å². The molecule has 0 bridgehead atoms. The summed E-state index contributed by atoms with van der Waals surface area (Å²) < 4.78 is 24.3. The minimum absolute atomic E-state index is 0.404. The molecule has 2 atom stereocenters. The summed E-state index contributed by atoms with van der Waals surface area (Å²) in [5.41, 5.74) is -0.146. The van der Waals surface area contributed by atoms with Crippen LogP contribution in [-0.2, 0) is 9.47 Å². The number of aliphatic imine (C=N–C) groups is 1. The van der Waals surface area contributed by atoms with Crippen LogP contribution in [0.3, 0.4) is 0 Å². The van der Waals surface area contributed by atoms with Gasteiger partial charge in [0.2, 0.25) is 17.7 Å². The van der Waals surface area contributed by atoms with Crippen molar-refractivity contribution in [2.45, 2.75) is 18.6 Å². The smallest absolute Gasteiger partial charge is 0.221 e. The van der Waals surface area contributed by atoms with E-state index in [1.165, 1.54) is 21.2 Å². The van der Waals surface area contributed by atoms with Gasteiger partial charge >= 0.3 is 0 Å². The summed E-state index contributed by atoms with van der Waals surface area (Å²) in [5, 5.41) is 6.98. The van der Waals surface area contributed by atoms with E-state index < -0.39 is 27.5 Å². The lowest BCUT2D eigenvalue weighted by molar-refractivity contribution is -0.00262. The molecule has 5 aromatic rings. The van der Waals surface area contributed by atoms with Gasteiger partial charge in [0.1, 0.15) is 0 Å². The number of rotatable bonds is 10. The first-order valence-electron chi connectivity index (χ1n) is 15.3. The molecule has 0 fully saturated rings. The highest BCUT2D eigenvalue weighted by Gasteiger charge is 2.48. The van der Waals surface area contributed by atoms with Crippen LogP contribution in [0.4, 0.5) is 0 Å². The Labute approximate surface area is 279 Å². The van der Waals surface area contributed by atoms with Gasteiger partial charge < -0.3 is 18.9 Å². The second-order valence-corrected chi connectivity index (χ2v) is 15.4. The van der Waals surface area contributed by atoms with Gasteiger partial charge in [-0.3, -0.25) is 0 Å². The van der Waals surface area contributed by atoms with Gasteiger partial charge in [0.05, 0.1) is 27.2 Å². The Bertz CT molecular complexity index is 1780. The zero-order valence-electron chi connectivity index (χ0n) is 27.2. The molecule has 0 aliphatic carbocycles. The Balaban J connectivity index is 1.71. The molecule has 8 heteroatoms. The van der Waals surface area contributed by atoms with E-state index in [1.807, 2.05) is 6.92 Å². The molecule has 47 heavy (non-hydrogen) atoms. The summed E-state index contributed by atoms with van der Waals surface area (Å²) in [4.78, 5) is 10.00. The molecule has 1 aromatic heterocycles. The second-order valence-electron chi connectivity index (χ2n) is 11.0. The van der Waals surface area contributed by atoms with Crippen molar-refractivity contribution in [3.8, 4) is 11.8 Å². The van der Waals surface area contributed by atoms with Crippen molar-refractivity contribution in [2.24, 2.45) is 4.99 Å². The monoisotopic (exact) mass is 660 g/mol. The van der Waals surface area contributed by atoms with Gasteiger partial charge in [-0.05, 0) is 54.6 Å². The number of aromatic nitrogens is 1. The average Bonchev–Trinajstić information content (AvgIpc) is 3.13. The Hall–Kier alpha value is -4.34. The molecule has 0 saturated heterocycles. The molecule has 0 spiro atoms. The summed E-state index contributed by atoms with van der Waals surface area (Å²) >= 11 is 0. The van der Waals surface area contributed by atoms with Gasteiger partial charge in [-0.2, -0.15) is 4.98 Å². The third-order valence-electron chi connectivity index (χ3n) is 8.28. The van der Waals surface area contributed by atoms with Gasteiger partial charge in [-0.25, -0.2) is 4.99 Å². The van der Waals surface area contributed by atoms with Gasteiger partial charge in [0.15, 0.2) is 5.72 Å². The van der Waals surface area contributed by atoms with Gasteiger partial charge in [-0.1, -0.05) is 121 Å². The number of hydrogen-bond donors (Lipinski definition) is 0. The van der Waals surface area contributed by atoms with Gasteiger partial charge in [0.25, 0.3) is 0 Å². The van der Waals surface area contributed by atoms with Crippen LogP contribution in [0.25, 0.3) is 0 Å². The molecule has 2 unspecified atom stereocenters. The number of dihydropyridines is 1. The molecule has 238 valence electrons. The summed E-state index contributed by atoms with van der Waals surface area (Å²) in [5.74, 6) is 1.06. The van der Waals surface area contributed by atoms with Crippen LogP contribution in [0.1, 0.15) is 18.4 Å². The van der Waals surface area contributed by atoms with Crippen LogP contribution in [0, 0.1) is 0 Å². The molecule has 4 aromatic carbocycles. The highest BCUT2D eigenvalue weighted by molar-refractivity contribution is 7.80. The minimum atomic E-state index is -1.10. The van der Waals surface area contributed by atoms with Crippen LogP contribution >= 0.6 is 15.8 Å². The van der Waals surface area contributed by atoms with Crippen LogP contribution in [0.15, 0.2) is 144 Å². The largest absolute Gasteiger partial charge is 0.481 e. The molecule has 0 saturated carbocycles. The Morgan fingerprint density at radius 2 is 1.06 bits per heavy atom. The maximum absolute atomic E-state index is 6.43. The second kappa shape index (κ2) is 14.6. The first kappa shape index (κ1) is 32.6. The van der Waals surface area contributed by atoms with Gasteiger partial charge in [-0.15, -0.1) is 0 Å². The molecule has 2 heterocycles. The number of hydrogen-bond acceptors (Lipinski definition) is 6. The summed E-state index contributed by atoms with van der Waals surface area (Å²) in [7, 11) is 4.49. The Morgan fingerprint density at radius 3 is 1.47 bits per heavy atom. The summed E-state index contributed by atoms with van der Waals surface area (Å²) in [6, 6.07) is 44.6. The number of methoxy groups -OCH3 is 4. The maximum Gasteiger partial charge on any atom is 0.221 e. The van der Waals surface area contributed by atoms with E-state index >= 15 is 0 Å². The van der Waals surface area contributed by atoms with Crippen molar-refractivity contribution < 1.29 is 18.9 Å². The first-order chi connectivity index (χ1) is 23.0. The lowest BCUT2D eigenvalue weighted by Gasteiger charge is -2.42. The lowest BCUT2D eigenvalue weighted by atomic mass is 9.87. The molecule has 6 rings (SSSR count). The minimum Gasteiger partial charge on any atom is -0.481 e. The Kier molecular flexibility index (Phi) is 10.1. The third-order valence-corrected chi connectivity index (χ3v) is 13.3. The van der Waals surface area contributed by atoms with Crippen molar-refractivity contribution in [3.05, 3.63) is 144 Å². The molecule has 6 nitrogen and oxygen atoms in total. The standard InChI is InChI=1S/C39H38N2O4P2/c1-39(45-5)37(33(27-35(41-39)43-3)47(30-22-14-8-15-23-30)31-24-16-9-17-25-31)36-32(26-34(42-2)40-38(36)44-4)46(28-18-10-6-11-19-28)29-20-12-7-13-21-29/h6-27,37H,1-5H3. The van der Waals surface area contributed by atoms with E-state index in [0.717, 1.165) is 16.2 Å². The molecule has 0 amide bonds. The predicted molar refractivity (Wildman–Crippen MR) is 196 cm³/mol. The molecule has 1 aliphatic heterocycles. The highest BCUT2D eigenvalue weighted by Crippen LogP contribution is 2.58. The summed E-state index contributed by atoms with van der Waals surface area (Å²) in [6.45, 7) is 2.02.